The van der Waals surface area contributed by atoms with Gasteiger partial charge in [-0.2, -0.15) is 5.10 Å². The van der Waals surface area contributed by atoms with Crippen molar-refractivity contribution in [1.82, 2.24) is 5.43 Å². The molecule has 20 heavy (non-hydrogen) atoms. The number of nitrogens with one attached hydrogen (secondary N) is 1. The quantitative estimate of drug-likeness (QED) is 0.569. The number of halogens is 2. The Bertz CT molecular complexity index is 493. The van der Waals surface area contributed by atoms with Gasteiger partial charge in [-0.3, -0.25) is 4.79 Å². The molecule has 0 atom stereocenters. The fourth-order valence-electron chi connectivity index (χ4n) is 1.62. The van der Waals surface area contributed by atoms with E-state index in [9.17, 15) is 4.79 Å². The highest BCUT2D eigenvalue weighted by atomic mass is 79.9. The smallest absolute Gasteiger partial charge is 0.277 e. The molecule has 0 unspecified atom stereocenters. The largest absolute Gasteiger partial charge is 0.482 e. The summed E-state index contributed by atoms with van der Waals surface area (Å²) in [6.07, 6.45) is 1.88. The summed E-state index contributed by atoms with van der Waals surface area (Å²) < 4.78 is 7.29. The summed E-state index contributed by atoms with van der Waals surface area (Å²) in [4.78, 5) is 11.6. The van der Waals surface area contributed by atoms with Crippen molar-refractivity contribution in [3.63, 3.8) is 0 Å². The minimum Gasteiger partial charge on any atom is -0.482 e. The fraction of sp³-hybridized carbons (Fsp3) is 0.429. The van der Waals surface area contributed by atoms with E-state index in [4.69, 9.17) is 4.74 Å². The van der Waals surface area contributed by atoms with Gasteiger partial charge < -0.3 is 4.74 Å². The van der Waals surface area contributed by atoms with E-state index in [-0.39, 0.29) is 12.5 Å². The molecule has 0 aliphatic rings. The van der Waals surface area contributed by atoms with Crippen LogP contribution >= 0.6 is 31.9 Å². The van der Waals surface area contributed by atoms with E-state index in [0.717, 1.165) is 33.1 Å². The first-order chi connectivity index (χ1) is 9.43. The standard InChI is InChI=1S/C14H18Br2N2O2/c1-4-5-10(3)17-18-13(19)8-20-14-9(2)6-11(15)7-12(14)16/h6-7H,4-5,8H2,1-3H3,(H,18,19)/b17-10+. The monoisotopic (exact) mass is 404 g/mol. The second kappa shape index (κ2) is 8.42. The Morgan fingerprint density at radius 3 is 2.70 bits per heavy atom. The molecule has 1 N–H and O–H groups in total. The Kier molecular flexibility index (Phi) is 7.23. The van der Waals surface area contributed by atoms with Gasteiger partial charge in [0.2, 0.25) is 0 Å². The van der Waals surface area contributed by atoms with Crippen LogP contribution in [0.15, 0.2) is 26.2 Å². The predicted octanol–water partition coefficient (Wildman–Crippen LogP) is 4.19. The molecule has 1 amide bonds. The molecule has 1 aromatic carbocycles. The highest BCUT2D eigenvalue weighted by Crippen LogP contribution is 2.32. The van der Waals surface area contributed by atoms with Crippen LogP contribution in [0.4, 0.5) is 0 Å². The number of benzene rings is 1. The van der Waals surface area contributed by atoms with Crippen molar-refractivity contribution in [2.45, 2.75) is 33.6 Å². The van der Waals surface area contributed by atoms with Gasteiger partial charge >= 0.3 is 0 Å². The van der Waals surface area contributed by atoms with Gasteiger partial charge in [0.05, 0.1) is 4.47 Å². The predicted molar refractivity (Wildman–Crippen MR) is 88.2 cm³/mol. The van der Waals surface area contributed by atoms with Crippen LogP contribution in [-0.4, -0.2) is 18.2 Å². The van der Waals surface area contributed by atoms with Crippen LogP contribution in [-0.2, 0) is 4.79 Å². The van der Waals surface area contributed by atoms with E-state index in [1.807, 2.05) is 26.0 Å². The third-order valence-corrected chi connectivity index (χ3v) is 3.57. The molecule has 1 rings (SSSR count). The summed E-state index contributed by atoms with van der Waals surface area (Å²) in [5, 5.41) is 4.00. The van der Waals surface area contributed by atoms with Gasteiger partial charge in [0.15, 0.2) is 6.61 Å². The average Bonchev–Trinajstić information content (AvgIpc) is 2.35. The molecular weight excluding hydrogens is 388 g/mol. The third-order valence-electron chi connectivity index (χ3n) is 2.52. The number of nitrogens with zero attached hydrogens (tertiary/aromatic N) is 1. The Morgan fingerprint density at radius 1 is 1.40 bits per heavy atom. The third kappa shape index (κ3) is 5.63. The van der Waals surface area contributed by atoms with Gasteiger partial charge in [0.25, 0.3) is 5.91 Å². The Labute approximate surface area is 136 Å². The lowest BCUT2D eigenvalue weighted by atomic mass is 10.2. The summed E-state index contributed by atoms with van der Waals surface area (Å²) in [6.45, 7) is 5.81. The van der Waals surface area contributed by atoms with Crippen molar-refractivity contribution in [3.05, 3.63) is 26.6 Å². The first kappa shape index (κ1) is 17.2. The number of carbonyl (C=O) groups excluding carboxylic acids is 1. The number of hydrogen-bond acceptors (Lipinski definition) is 3. The summed E-state index contributed by atoms with van der Waals surface area (Å²) in [5.74, 6) is 0.396. The second-order valence-electron chi connectivity index (χ2n) is 4.45. The fourth-order valence-corrected chi connectivity index (χ4v) is 3.17. The molecule has 0 aromatic heterocycles. The molecule has 0 heterocycles. The molecule has 0 bridgehead atoms. The van der Waals surface area contributed by atoms with E-state index in [2.05, 4.69) is 49.3 Å². The number of hydrogen-bond donors (Lipinski definition) is 1. The van der Waals surface area contributed by atoms with Gasteiger partial charge in [-0.15, -0.1) is 0 Å². The van der Waals surface area contributed by atoms with Crippen LogP contribution in [0.2, 0.25) is 0 Å². The molecule has 6 heteroatoms. The zero-order valence-electron chi connectivity index (χ0n) is 11.8. The molecular formula is C14H18Br2N2O2. The van der Waals surface area contributed by atoms with E-state index < -0.39 is 0 Å². The number of ether oxygens (including phenoxy) is 1. The minimum absolute atomic E-state index is 0.0655. The molecule has 0 spiro atoms. The molecule has 110 valence electrons. The maximum Gasteiger partial charge on any atom is 0.277 e. The minimum atomic E-state index is -0.269. The van der Waals surface area contributed by atoms with Crippen molar-refractivity contribution in [3.8, 4) is 5.75 Å². The lowest BCUT2D eigenvalue weighted by molar-refractivity contribution is -0.123. The van der Waals surface area contributed by atoms with E-state index in [1.165, 1.54) is 0 Å². The number of rotatable bonds is 6. The van der Waals surface area contributed by atoms with Crippen molar-refractivity contribution >= 4 is 43.5 Å². The van der Waals surface area contributed by atoms with E-state index in [0.29, 0.717) is 5.75 Å². The lowest BCUT2D eigenvalue weighted by Crippen LogP contribution is -2.25. The number of hydrazone groups is 1. The Balaban J connectivity index is 2.56. The molecule has 0 fully saturated rings. The van der Waals surface area contributed by atoms with Crippen LogP contribution in [0.5, 0.6) is 5.75 Å². The zero-order chi connectivity index (χ0) is 15.1. The van der Waals surface area contributed by atoms with Crippen molar-refractivity contribution in [2.75, 3.05) is 6.61 Å². The van der Waals surface area contributed by atoms with Crippen molar-refractivity contribution in [2.24, 2.45) is 5.10 Å². The van der Waals surface area contributed by atoms with E-state index in [1.54, 1.807) is 0 Å². The molecule has 1 aromatic rings. The normalized spacial score (nSPS) is 11.3. The van der Waals surface area contributed by atoms with Gasteiger partial charge in [0, 0.05) is 10.2 Å². The average molecular weight is 406 g/mol. The summed E-state index contributed by atoms with van der Waals surface area (Å²) in [6, 6.07) is 3.81. The van der Waals surface area contributed by atoms with Crippen LogP contribution in [0.3, 0.4) is 0 Å². The van der Waals surface area contributed by atoms with Crippen molar-refractivity contribution in [1.29, 1.82) is 0 Å². The second-order valence-corrected chi connectivity index (χ2v) is 6.22. The highest BCUT2D eigenvalue weighted by molar-refractivity contribution is 9.11. The molecule has 0 aliphatic carbocycles. The van der Waals surface area contributed by atoms with Crippen LogP contribution in [0.1, 0.15) is 32.3 Å². The highest BCUT2D eigenvalue weighted by Gasteiger charge is 2.09. The first-order valence-corrected chi connectivity index (χ1v) is 7.93. The van der Waals surface area contributed by atoms with Crippen LogP contribution < -0.4 is 10.2 Å². The molecule has 0 radical (unpaired) electrons. The molecule has 0 saturated carbocycles. The lowest BCUT2D eigenvalue weighted by Gasteiger charge is -2.11. The number of aryl methyl sites for hydroxylation is 1. The molecule has 4 nitrogen and oxygen atoms in total. The molecule has 0 saturated heterocycles. The summed E-state index contributed by atoms with van der Waals surface area (Å²) in [7, 11) is 0. The number of amides is 1. The van der Waals surface area contributed by atoms with Gasteiger partial charge in [-0.1, -0.05) is 29.3 Å². The van der Waals surface area contributed by atoms with Gasteiger partial charge in [-0.25, -0.2) is 5.43 Å². The van der Waals surface area contributed by atoms with Gasteiger partial charge in [0.1, 0.15) is 5.75 Å². The zero-order valence-corrected chi connectivity index (χ0v) is 15.0. The maximum absolute atomic E-state index is 11.6. The van der Waals surface area contributed by atoms with Crippen LogP contribution in [0.25, 0.3) is 0 Å². The Morgan fingerprint density at radius 2 is 2.10 bits per heavy atom. The number of carbonyl (C=O) groups is 1. The van der Waals surface area contributed by atoms with Crippen molar-refractivity contribution < 1.29 is 9.53 Å². The van der Waals surface area contributed by atoms with Gasteiger partial charge in [-0.05, 0) is 53.9 Å². The Hall–Kier alpha value is -0.880. The summed E-state index contributed by atoms with van der Waals surface area (Å²) in [5.41, 5.74) is 4.34. The molecule has 0 aliphatic heterocycles. The summed E-state index contributed by atoms with van der Waals surface area (Å²) >= 11 is 6.82. The van der Waals surface area contributed by atoms with E-state index >= 15 is 0 Å². The SMILES string of the molecule is CCC/C(C)=N/NC(=O)COc1c(C)cc(Br)cc1Br. The first-order valence-electron chi connectivity index (χ1n) is 6.34. The van der Waals surface area contributed by atoms with Crippen LogP contribution in [0, 0.1) is 6.92 Å². The topological polar surface area (TPSA) is 50.7 Å². The maximum atomic E-state index is 11.6.